The molecule has 1 aliphatic carbocycles. The van der Waals surface area contributed by atoms with Gasteiger partial charge in [0.05, 0.1) is 6.26 Å². The summed E-state index contributed by atoms with van der Waals surface area (Å²) in [6, 6.07) is 0. The van der Waals surface area contributed by atoms with Crippen molar-refractivity contribution in [1.29, 1.82) is 0 Å². The molecule has 0 unspecified atom stereocenters. The minimum Gasteiger partial charge on any atom is -0.469 e. The van der Waals surface area contributed by atoms with Gasteiger partial charge in [0.25, 0.3) is 0 Å². The van der Waals surface area contributed by atoms with Crippen LogP contribution in [0.15, 0.2) is 11.8 Å². The lowest BCUT2D eigenvalue weighted by Crippen LogP contribution is -2.66. The summed E-state index contributed by atoms with van der Waals surface area (Å²) in [5.41, 5.74) is 0.817. The molecule has 0 aromatic rings. The van der Waals surface area contributed by atoms with Crippen molar-refractivity contribution in [2.24, 2.45) is 17.8 Å². The van der Waals surface area contributed by atoms with E-state index in [0.29, 0.717) is 17.8 Å². The van der Waals surface area contributed by atoms with Gasteiger partial charge in [0.1, 0.15) is 0 Å². The van der Waals surface area contributed by atoms with Crippen molar-refractivity contribution in [3.8, 4) is 0 Å². The molecular weight excluding hydrogens is 244 g/mol. The van der Waals surface area contributed by atoms with Crippen molar-refractivity contribution in [2.45, 2.75) is 64.1 Å². The van der Waals surface area contributed by atoms with Gasteiger partial charge in [0.15, 0.2) is 5.60 Å². The molecule has 19 heavy (non-hydrogen) atoms. The minimum atomic E-state index is -0.656. The van der Waals surface area contributed by atoms with Crippen molar-refractivity contribution in [3.05, 3.63) is 11.8 Å². The highest BCUT2D eigenvalue weighted by Crippen LogP contribution is 2.59. The Morgan fingerprint density at radius 1 is 1.21 bits per heavy atom. The molecule has 4 aliphatic heterocycles. The van der Waals surface area contributed by atoms with Crippen LogP contribution in [0.1, 0.15) is 46.5 Å². The lowest BCUT2D eigenvalue weighted by Gasteiger charge is -2.56. The topological polar surface area (TPSA) is 36.9 Å². The van der Waals surface area contributed by atoms with E-state index < -0.39 is 11.4 Å². The number of hydrogen-bond donors (Lipinski definition) is 0. The van der Waals surface area contributed by atoms with Crippen LogP contribution in [0.25, 0.3) is 0 Å². The Morgan fingerprint density at radius 3 is 2.89 bits per heavy atom. The maximum atomic E-state index is 6.11. The summed E-state index contributed by atoms with van der Waals surface area (Å²) >= 11 is 0. The Labute approximate surface area is 114 Å². The molecule has 106 valence electrons. The lowest BCUT2D eigenvalue weighted by atomic mass is 9.60. The molecule has 4 heteroatoms. The molecule has 0 aromatic carbocycles. The van der Waals surface area contributed by atoms with E-state index in [0.717, 1.165) is 19.3 Å². The standard InChI is InChI=1S/C15H22O4/c1-9-4-5-11-10(2)8-16-13-15(11)12(9)6-7-14(3,17-13)18-19-15/h8-9,11-13H,4-7H2,1-3H3/t9-,11+,12-,13-,14-,15+/m1/s1. The average Bonchev–Trinajstić information content (AvgIpc) is 2.61. The van der Waals surface area contributed by atoms with Gasteiger partial charge in [-0.2, -0.15) is 0 Å². The zero-order valence-corrected chi connectivity index (χ0v) is 11.8. The predicted molar refractivity (Wildman–Crippen MR) is 67.6 cm³/mol. The Hall–Kier alpha value is -0.580. The van der Waals surface area contributed by atoms with E-state index in [1.165, 1.54) is 12.0 Å². The second-order valence-electron chi connectivity index (χ2n) is 6.85. The van der Waals surface area contributed by atoms with E-state index in [-0.39, 0.29) is 6.29 Å². The molecule has 5 rings (SSSR count). The molecule has 0 radical (unpaired) electrons. The van der Waals surface area contributed by atoms with Gasteiger partial charge in [-0.05, 0) is 44.6 Å². The Bertz CT molecular complexity index is 434. The zero-order valence-electron chi connectivity index (χ0n) is 11.8. The Balaban J connectivity index is 1.85. The highest BCUT2D eigenvalue weighted by Gasteiger charge is 2.67. The summed E-state index contributed by atoms with van der Waals surface area (Å²) in [5, 5.41) is 0. The van der Waals surface area contributed by atoms with Crippen LogP contribution in [0.4, 0.5) is 0 Å². The van der Waals surface area contributed by atoms with Gasteiger partial charge in [-0.3, -0.25) is 0 Å². The third-order valence-electron chi connectivity index (χ3n) is 5.65. The Kier molecular flexibility index (Phi) is 2.40. The van der Waals surface area contributed by atoms with Crippen molar-refractivity contribution in [2.75, 3.05) is 0 Å². The van der Waals surface area contributed by atoms with Gasteiger partial charge in [-0.25, -0.2) is 9.78 Å². The molecule has 4 heterocycles. The molecule has 6 atom stereocenters. The van der Waals surface area contributed by atoms with E-state index >= 15 is 0 Å². The maximum absolute atomic E-state index is 6.11. The molecule has 0 amide bonds. The highest BCUT2D eigenvalue weighted by molar-refractivity contribution is 5.19. The first-order valence-electron chi connectivity index (χ1n) is 7.42. The van der Waals surface area contributed by atoms with Crippen molar-refractivity contribution >= 4 is 0 Å². The summed E-state index contributed by atoms with van der Waals surface area (Å²) in [6.45, 7) is 6.40. The number of fused-ring (bicyclic) bond motifs is 2. The molecule has 0 aromatic heterocycles. The van der Waals surface area contributed by atoms with Gasteiger partial charge < -0.3 is 9.47 Å². The fourth-order valence-electron chi connectivity index (χ4n) is 4.55. The van der Waals surface area contributed by atoms with Crippen LogP contribution in [-0.2, 0) is 19.2 Å². The summed E-state index contributed by atoms with van der Waals surface area (Å²) in [6.07, 6.45) is 5.87. The molecule has 1 saturated carbocycles. The molecule has 5 aliphatic rings. The fourth-order valence-corrected chi connectivity index (χ4v) is 4.55. The highest BCUT2D eigenvalue weighted by atomic mass is 17.3. The van der Waals surface area contributed by atoms with Crippen LogP contribution in [0.5, 0.6) is 0 Å². The van der Waals surface area contributed by atoms with E-state index in [4.69, 9.17) is 19.2 Å². The van der Waals surface area contributed by atoms with Crippen LogP contribution in [-0.4, -0.2) is 17.7 Å². The molecule has 3 saturated heterocycles. The maximum Gasteiger partial charge on any atom is 0.235 e. The van der Waals surface area contributed by atoms with Gasteiger partial charge in [0, 0.05) is 18.3 Å². The number of ether oxygens (including phenoxy) is 2. The molecule has 0 N–H and O–H groups in total. The molecule has 2 bridgehead atoms. The van der Waals surface area contributed by atoms with E-state index in [9.17, 15) is 0 Å². The number of rotatable bonds is 0. The Morgan fingerprint density at radius 2 is 2.05 bits per heavy atom. The SMILES string of the molecule is CC1=CO[C@@H]2O[C@@]3(C)CC[C@@H]4[C@H](C)CC[C@@H]1[C@@]24OO3. The second-order valence-corrected chi connectivity index (χ2v) is 6.85. The van der Waals surface area contributed by atoms with Gasteiger partial charge >= 0.3 is 0 Å². The van der Waals surface area contributed by atoms with Crippen LogP contribution in [0, 0.1) is 17.8 Å². The molecule has 4 nitrogen and oxygen atoms in total. The van der Waals surface area contributed by atoms with E-state index in [1.807, 2.05) is 13.2 Å². The van der Waals surface area contributed by atoms with Crippen molar-refractivity contribution < 1.29 is 19.2 Å². The normalized spacial score (nSPS) is 55.8. The zero-order chi connectivity index (χ0) is 13.3. The summed E-state index contributed by atoms with van der Waals surface area (Å²) < 4.78 is 12.0. The quantitative estimate of drug-likeness (QED) is 0.631. The first-order chi connectivity index (χ1) is 9.05. The monoisotopic (exact) mass is 266 g/mol. The van der Waals surface area contributed by atoms with Crippen LogP contribution in [0.3, 0.4) is 0 Å². The smallest absolute Gasteiger partial charge is 0.235 e. The first-order valence-corrected chi connectivity index (χ1v) is 7.42. The van der Waals surface area contributed by atoms with E-state index in [1.54, 1.807) is 0 Å². The fraction of sp³-hybridized carbons (Fsp3) is 0.867. The van der Waals surface area contributed by atoms with Crippen molar-refractivity contribution in [1.82, 2.24) is 0 Å². The number of hydrogen-bond acceptors (Lipinski definition) is 4. The molecule has 1 spiro atoms. The van der Waals surface area contributed by atoms with Gasteiger partial charge in [-0.15, -0.1) is 0 Å². The third-order valence-corrected chi connectivity index (χ3v) is 5.65. The predicted octanol–water partition coefficient (Wildman–Crippen LogP) is 3.14. The van der Waals surface area contributed by atoms with Crippen LogP contribution >= 0.6 is 0 Å². The van der Waals surface area contributed by atoms with Crippen LogP contribution < -0.4 is 0 Å². The van der Waals surface area contributed by atoms with Gasteiger partial charge in [0.2, 0.25) is 12.1 Å². The van der Waals surface area contributed by atoms with Crippen molar-refractivity contribution in [3.63, 3.8) is 0 Å². The summed E-state index contributed by atoms with van der Waals surface area (Å²) in [5.74, 6) is 0.775. The third kappa shape index (κ3) is 1.45. The lowest BCUT2D eigenvalue weighted by molar-refractivity contribution is -0.555. The summed E-state index contributed by atoms with van der Waals surface area (Å²) in [7, 11) is 0. The largest absolute Gasteiger partial charge is 0.469 e. The summed E-state index contributed by atoms with van der Waals surface area (Å²) in [4.78, 5) is 11.7. The average molecular weight is 266 g/mol. The first kappa shape index (κ1) is 12.2. The molecular formula is C15H22O4. The van der Waals surface area contributed by atoms with Crippen LogP contribution in [0.2, 0.25) is 0 Å². The van der Waals surface area contributed by atoms with Gasteiger partial charge in [-0.1, -0.05) is 6.92 Å². The van der Waals surface area contributed by atoms with E-state index in [2.05, 4.69) is 13.8 Å². The molecule has 4 fully saturated rings. The second kappa shape index (κ2) is 3.74. The minimum absolute atomic E-state index is 0.324.